The van der Waals surface area contributed by atoms with Crippen molar-refractivity contribution >= 4 is 28.8 Å². The van der Waals surface area contributed by atoms with Crippen molar-refractivity contribution in [3.63, 3.8) is 0 Å². The fraction of sp³-hybridized carbons (Fsp3) is 0.167. The number of rotatable bonds is 2. The number of anilines is 3. The lowest BCUT2D eigenvalue weighted by molar-refractivity contribution is -0.138. The molecule has 0 fully saturated rings. The van der Waals surface area contributed by atoms with E-state index in [9.17, 15) is 13.2 Å². The number of benzene rings is 1. The van der Waals surface area contributed by atoms with Gasteiger partial charge in [0, 0.05) is 5.69 Å². The fourth-order valence-corrected chi connectivity index (χ4v) is 1.75. The van der Waals surface area contributed by atoms with Crippen molar-refractivity contribution in [3.8, 4) is 0 Å². The number of aromatic nitrogens is 2. The van der Waals surface area contributed by atoms with Crippen molar-refractivity contribution in [2.24, 2.45) is 0 Å². The zero-order valence-electron chi connectivity index (χ0n) is 10.3. The Morgan fingerprint density at radius 3 is 2.60 bits per heavy atom. The third-order valence-corrected chi connectivity index (χ3v) is 2.94. The summed E-state index contributed by atoms with van der Waals surface area (Å²) >= 11 is 5.71. The van der Waals surface area contributed by atoms with Gasteiger partial charge in [0.1, 0.15) is 12.0 Å². The van der Waals surface area contributed by atoms with Crippen molar-refractivity contribution in [2.75, 3.05) is 11.1 Å². The van der Waals surface area contributed by atoms with Gasteiger partial charge in [0.15, 0.2) is 11.0 Å². The Labute approximate surface area is 117 Å². The molecule has 3 N–H and O–H groups in total. The quantitative estimate of drug-likeness (QED) is 0.829. The Morgan fingerprint density at radius 2 is 1.95 bits per heavy atom. The maximum absolute atomic E-state index is 12.8. The van der Waals surface area contributed by atoms with Crippen LogP contribution >= 0.6 is 11.6 Å². The van der Waals surface area contributed by atoms with Crippen LogP contribution in [0.25, 0.3) is 0 Å². The van der Waals surface area contributed by atoms with Crippen molar-refractivity contribution in [1.29, 1.82) is 0 Å². The highest BCUT2D eigenvalue weighted by molar-refractivity contribution is 6.32. The number of hydrogen-bond acceptors (Lipinski definition) is 4. The minimum absolute atomic E-state index is 0.0330. The van der Waals surface area contributed by atoms with Crippen molar-refractivity contribution < 1.29 is 13.2 Å². The van der Waals surface area contributed by atoms with Gasteiger partial charge < -0.3 is 11.1 Å². The third kappa shape index (κ3) is 2.93. The summed E-state index contributed by atoms with van der Waals surface area (Å²) in [6, 6.07) is 3.86. The molecule has 4 nitrogen and oxygen atoms in total. The topological polar surface area (TPSA) is 63.8 Å². The molecule has 0 aliphatic rings. The first-order valence-corrected chi connectivity index (χ1v) is 5.87. The molecule has 1 aromatic carbocycles. The van der Waals surface area contributed by atoms with E-state index in [0.29, 0.717) is 0 Å². The molecule has 8 heteroatoms. The second-order valence-corrected chi connectivity index (χ2v) is 4.44. The van der Waals surface area contributed by atoms with Gasteiger partial charge in [-0.05, 0) is 24.6 Å². The lowest BCUT2D eigenvalue weighted by Crippen LogP contribution is -2.08. The molecule has 106 valence electrons. The summed E-state index contributed by atoms with van der Waals surface area (Å²) in [6.07, 6.45) is -3.25. The van der Waals surface area contributed by atoms with Gasteiger partial charge in [-0.2, -0.15) is 13.2 Å². The number of hydrogen-bond donors (Lipinski definition) is 2. The molecular formula is C12H10ClF3N4. The van der Waals surface area contributed by atoms with E-state index < -0.39 is 11.7 Å². The molecule has 1 aromatic heterocycles. The average molecular weight is 303 g/mol. The van der Waals surface area contributed by atoms with E-state index in [4.69, 9.17) is 17.3 Å². The fourth-order valence-electron chi connectivity index (χ4n) is 1.62. The highest BCUT2D eigenvalue weighted by atomic mass is 35.5. The molecule has 1 heterocycles. The molecule has 0 unspecified atom stereocenters. The monoisotopic (exact) mass is 302 g/mol. The van der Waals surface area contributed by atoms with E-state index >= 15 is 0 Å². The van der Waals surface area contributed by atoms with Crippen LogP contribution in [0.3, 0.4) is 0 Å². The molecule has 0 atom stereocenters. The number of nitrogens with zero attached hydrogens (tertiary/aromatic N) is 2. The van der Waals surface area contributed by atoms with Crippen molar-refractivity contribution in [2.45, 2.75) is 13.1 Å². The molecule has 0 aliphatic carbocycles. The third-order valence-electron chi connectivity index (χ3n) is 2.64. The normalized spacial score (nSPS) is 11.4. The van der Waals surface area contributed by atoms with Crippen LogP contribution in [-0.4, -0.2) is 9.97 Å². The Balaban J connectivity index is 2.38. The second kappa shape index (κ2) is 5.16. The zero-order chi connectivity index (χ0) is 14.9. The van der Waals surface area contributed by atoms with Crippen LogP contribution in [-0.2, 0) is 6.18 Å². The van der Waals surface area contributed by atoms with Gasteiger partial charge in [0.25, 0.3) is 0 Å². The zero-order valence-corrected chi connectivity index (χ0v) is 11.0. The van der Waals surface area contributed by atoms with Crippen molar-refractivity contribution in [1.82, 2.24) is 9.97 Å². The number of halogens is 4. The summed E-state index contributed by atoms with van der Waals surface area (Å²) in [5.74, 6) is 0.155. The van der Waals surface area contributed by atoms with Gasteiger partial charge in [-0.25, -0.2) is 9.97 Å². The molecule has 2 rings (SSSR count). The Kier molecular flexibility index (Phi) is 3.71. The molecule has 0 saturated heterocycles. The number of nitrogen functional groups attached to an aromatic ring is 1. The Morgan fingerprint density at radius 1 is 1.25 bits per heavy atom. The lowest BCUT2D eigenvalue weighted by Gasteiger charge is -2.13. The van der Waals surface area contributed by atoms with Crippen LogP contribution < -0.4 is 11.1 Å². The van der Waals surface area contributed by atoms with E-state index in [1.54, 1.807) is 0 Å². The maximum Gasteiger partial charge on any atom is 0.416 e. The van der Waals surface area contributed by atoms with Gasteiger partial charge in [-0.1, -0.05) is 17.7 Å². The highest BCUT2D eigenvalue weighted by Crippen LogP contribution is 2.34. The average Bonchev–Trinajstić information content (AvgIpc) is 2.36. The SMILES string of the molecule is Cc1ccc(Nc2ncnc(Cl)c2N)cc1C(F)(F)F. The summed E-state index contributed by atoms with van der Waals surface area (Å²) in [4.78, 5) is 7.50. The molecule has 20 heavy (non-hydrogen) atoms. The molecule has 0 radical (unpaired) electrons. The van der Waals surface area contributed by atoms with Crippen LogP contribution in [0.4, 0.5) is 30.4 Å². The summed E-state index contributed by atoms with van der Waals surface area (Å²) in [7, 11) is 0. The molecule has 0 bridgehead atoms. The van der Waals surface area contributed by atoms with Gasteiger partial charge in [0.2, 0.25) is 0 Å². The summed E-state index contributed by atoms with van der Waals surface area (Å²) < 4.78 is 38.4. The number of aryl methyl sites for hydroxylation is 1. The second-order valence-electron chi connectivity index (χ2n) is 4.08. The van der Waals surface area contributed by atoms with E-state index in [2.05, 4.69) is 15.3 Å². The lowest BCUT2D eigenvalue weighted by atomic mass is 10.1. The first-order chi connectivity index (χ1) is 9.29. The van der Waals surface area contributed by atoms with Crippen LogP contribution in [0.2, 0.25) is 5.15 Å². The Bertz CT molecular complexity index is 643. The predicted molar refractivity (Wildman–Crippen MR) is 70.9 cm³/mol. The number of alkyl halides is 3. The number of nitrogens with one attached hydrogen (secondary N) is 1. The molecular weight excluding hydrogens is 293 g/mol. The van der Waals surface area contributed by atoms with E-state index in [1.807, 2.05) is 0 Å². The summed E-state index contributed by atoms with van der Waals surface area (Å²) in [6.45, 7) is 1.39. The summed E-state index contributed by atoms with van der Waals surface area (Å²) in [5.41, 5.74) is 5.34. The molecule has 0 saturated carbocycles. The number of nitrogens with two attached hydrogens (primary N) is 1. The van der Waals surface area contributed by atoms with Gasteiger partial charge in [-0.15, -0.1) is 0 Å². The van der Waals surface area contributed by atoms with E-state index in [1.165, 1.54) is 25.4 Å². The summed E-state index contributed by atoms with van der Waals surface area (Å²) in [5, 5.41) is 2.73. The van der Waals surface area contributed by atoms with Gasteiger partial charge >= 0.3 is 6.18 Å². The van der Waals surface area contributed by atoms with Crippen LogP contribution in [0.1, 0.15) is 11.1 Å². The van der Waals surface area contributed by atoms with Gasteiger partial charge in [0.05, 0.1) is 5.56 Å². The highest BCUT2D eigenvalue weighted by Gasteiger charge is 2.32. The minimum Gasteiger partial charge on any atom is -0.393 e. The predicted octanol–water partition coefficient (Wildman–Crippen LogP) is 3.78. The minimum atomic E-state index is -4.42. The van der Waals surface area contributed by atoms with Crippen LogP contribution in [0.5, 0.6) is 0 Å². The smallest absolute Gasteiger partial charge is 0.393 e. The molecule has 2 aromatic rings. The van der Waals surface area contributed by atoms with Gasteiger partial charge in [-0.3, -0.25) is 0 Å². The van der Waals surface area contributed by atoms with E-state index in [0.717, 1.165) is 6.07 Å². The largest absolute Gasteiger partial charge is 0.416 e. The van der Waals surface area contributed by atoms with Crippen molar-refractivity contribution in [3.05, 3.63) is 40.8 Å². The molecule has 0 aliphatic heterocycles. The van der Waals surface area contributed by atoms with Crippen LogP contribution in [0.15, 0.2) is 24.5 Å². The Hall–Kier alpha value is -2.02. The first kappa shape index (κ1) is 14.4. The first-order valence-electron chi connectivity index (χ1n) is 5.50. The van der Waals surface area contributed by atoms with Crippen LogP contribution in [0, 0.1) is 6.92 Å². The maximum atomic E-state index is 12.8. The molecule has 0 spiro atoms. The standard InChI is InChI=1S/C12H10ClF3N4/c1-6-2-3-7(4-8(6)12(14,15)16)20-11-9(17)10(13)18-5-19-11/h2-5H,17H2,1H3,(H,18,19,20). The molecule has 0 amide bonds. The van der Waals surface area contributed by atoms with E-state index in [-0.39, 0.29) is 27.9 Å².